The van der Waals surface area contributed by atoms with Crippen molar-refractivity contribution in [2.45, 2.75) is 6.92 Å². The molecule has 0 radical (unpaired) electrons. The van der Waals surface area contributed by atoms with Crippen LogP contribution in [0, 0.1) is 12.7 Å². The molecule has 0 aliphatic rings. The maximum atomic E-state index is 13.5. The third-order valence-corrected chi connectivity index (χ3v) is 3.61. The van der Waals surface area contributed by atoms with Crippen molar-refractivity contribution in [2.75, 3.05) is 5.73 Å². The van der Waals surface area contributed by atoms with Crippen molar-refractivity contribution in [3.63, 3.8) is 0 Å². The molecule has 0 saturated heterocycles. The first-order valence-electron chi connectivity index (χ1n) is 6.42. The Bertz CT molecular complexity index is 811. The van der Waals surface area contributed by atoms with Gasteiger partial charge >= 0.3 is 0 Å². The maximum Gasteiger partial charge on any atom is 0.153 e. The van der Waals surface area contributed by atoms with Gasteiger partial charge in [0, 0.05) is 5.56 Å². The second-order valence-corrected chi connectivity index (χ2v) is 5.26. The molecule has 0 unspecified atom stereocenters. The molecule has 0 saturated carbocycles. The van der Waals surface area contributed by atoms with Crippen LogP contribution < -0.4 is 5.73 Å². The van der Waals surface area contributed by atoms with Crippen molar-refractivity contribution in [3.8, 4) is 22.4 Å². The van der Waals surface area contributed by atoms with Gasteiger partial charge in [0.15, 0.2) is 5.82 Å². The van der Waals surface area contributed by atoms with Crippen LogP contribution in [-0.2, 0) is 0 Å². The Kier molecular flexibility index (Phi) is 3.39. The monoisotopic (exact) mass is 301 g/mol. The lowest BCUT2D eigenvalue weighted by Crippen LogP contribution is -1.90. The third-order valence-electron chi connectivity index (χ3n) is 3.30. The molecule has 0 bridgehead atoms. The second-order valence-electron chi connectivity index (χ2n) is 4.85. The first-order chi connectivity index (χ1) is 10.1. The number of nitrogens with zero attached hydrogens (tertiary/aromatic N) is 1. The summed E-state index contributed by atoms with van der Waals surface area (Å²) < 4.78 is 13.5. The van der Waals surface area contributed by atoms with Crippen LogP contribution in [0.2, 0.25) is 5.02 Å². The Hall–Kier alpha value is -2.33. The van der Waals surface area contributed by atoms with E-state index in [1.807, 2.05) is 25.1 Å². The Morgan fingerprint density at radius 2 is 2.00 bits per heavy atom. The number of hydrogen-bond acceptors (Lipinski definition) is 2. The molecule has 1 heterocycles. The molecule has 3 rings (SSSR count). The number of halogens is 2. The van der Waals surface area contributed by atoms with Gasteiger partial charge in [-0.2, -0.15) is 5.10 Å². The summed E-state index contributed by atoms with van der Waals surface area (Å²) in [5.41, 5.74) is 9.77. The number of anilines is 1. The van der Waals surface area contributed by atoms with Gasteiger partial charge in [-0.15, -0.1) is 0 Å². The van der Waals surface area contributed by atoms with Crippen molar-refractivity contribution >= 4 is 17.4 Å². The van der Waals surface area contributed by atoms with Gasteiger partial charge in [-0.25, -0.2) is 4.39 Å². The smallest absolute Gasteiger partial charge is 0.153 e. The molecule has 2 aromatic carbocycles. The number of nitrogens with one attached hydrogen (secondary N) is 1. The standard InChI is InChI=1S/C16H13ClFN3/c1-9-5-6-12(13(17)7-9)15-14(16(19)21-20-15)10-3-2-4-11(18)8-10/h2-8H,1H3,(H3,19,20,21). The molecule has 106 valence electrons. The van der Waals surface area contributed by atoms with Crippen LogP contribution >= 0.6 is 11.6 Å². The topological polar surface area (TPSA) is 54.7 Å². The lowest BCUT2D eigenvalue weighted by Gasteiger charge is -2.07. The van der Waals surface area contributed by atoms with Crippen LogP contribution in [0.15, 0.2) is 42.5 Å². The van der Waals surface area contributed by atoms with E-state index < -0.39 is 0 Å². The minimum absolute atomic E-state index is 0.312. The quantitative estimate of drug-likeness (QED) is 0.736. The van der Waals surface area contributed by atoms with Crippen molar-refractivity contribution < 1.29 is 4.39 Å². The average molecular weight is 302 g/mol. The molecule has 3 nitrogen and oxygen atoms in total. The van der Waals surface area contributed by atoms with E-state index in [1.165, 1.54) is 12.1 Å². The first kappa shape index (κ1) is 13.6. The number of nitrogens with two attached hydrogens (primary N) is 1. The van der Waals surface area contributed by atoms with Crippen LogP contribution in [0.4, 0.5) is 10.2 Å². The molecule has 0 atom stereocenters. The fraction of sp³-hybridized carbons (Fsp3) is 0.0625. The van der Waals surface area contributed by atoms with Gasteiger partial charge in [0.05, 0.1) is 16.3 Å². The Labute approximate surface area is 126 Å². The van der Waals surface area contributed by atoms with E-state index in [9.17, 15) is 4.39 Å². The fourth-order valence-corrected chi connectivity index (χ4v) is 2.64. The SMILES string of the molecule is Cc1ccc(-c2[nH]nc(N)c2-c2cccc(F)c2)c(Cl)c1. The number of aryl methyl sites for hydroxylation is 1. The van der Waals surface area contributed by atoms with Crippen LogP contribution in [0.1, 0.15) is 5.56 Å². The second kappa shape index (κ2) is 5.22. The van der Waals surface area contributed by atoms with Gasteiger partial charge in [0.2, 0.25) is 0 Å². The summed E-state index contributed by atoms with van der Waals surface area (Å²) in [6, 6.07) is 11.9. The maximum absolute atomic E-state index is 13.5. The van der Waals surface area contributed by atoms with E-state index in [0.29, 0.717) is 27.7 Å². The minimum atomic E-state index is -0.325. The fourth-order valence-electron chi connectivity index (χ4n) is 2.31. The molecule has 0 amide bonds. The lowest BCUT2D eigenvalue weighted by atomic mass is 10.00. The predicted octanol–water partition coefficient (Wildman–Crippen LogP) is 4.43. The van der Waals surface area contributed by atoms with E-state index >= 15 is 0 Å². The van der Waals surface area contributed by atoms with E-state index in [-0.39, 0.29) is 5.82 Å². The molecular weight excluding hydrogens is 289 g/mol. The molecule has 0 spiro atoms. The van der Waals surface area contributed by atoms with Crippen molar-refractivity contribution in [1.82, 2.24) is 10.2 Å². The molecule has 3 N–H and O–H groups in total. The Morgan fingerprint density at radius 1 is 1.19 bits per heavy atom. The van der Waals surface area contributed by atoms with Crippen LogP contribution in [-0.4, -0.2) is 10.2 Å². The van der Waals surface area contributed by atoms with Gasteiger partial charge in [-0.3, -0.25) is 5.10 Å². The van der Waals surface area contributed by atoms with Gasteiger partial charge in [0.1, 0.15) is 5.82 Å². The summed E-state index contributed by atoms with van der Waals surface area (Å²) in [7, 11) is 0. The molecule has 0 aliphatic carbocycles. The van der Waals surface area contributed by atoms with Crippen molar-refractivity contribution in [3.05, 3.63) is 58.9 Å². The van der Waals surface area contributed by atoms with Crippen molar-refractivity contribution in [1.29, 1.82) is 0 Å². The third kappa shape index (κ3) is 2.50. The zero-order valence-corrected chi connectivity index (χ0v) is 12.1. The van der Waals surface area contributed by atoms with Crippen molar-refractivity contribution in [2.24, 2.45) is 0 Å². The van der Waals surface area contributed by atoms with Gasteiger partial charge in [-0.1, -0.05) is 35.9 Å². The Morgan fingerprint density at radius 3 is 2.71 bits per heavy atom. The van der Waals surface area contributed by atoms with E-state index in [4.69, 9.17) is 17.3 Å². The summed E-state index contributed by atoms with van der Waals surface area (Å²) in [6.45, 7) is 1.96. The summed E-state index contributed by atoms with van der Waals surface area (Å²) in [6.07, 6.45) is 0. The largest absolute Gasteiger partial charge is 0.382 e. The van der Waals surface area contributed by atoms with E-state index in [2.05, 4.69) is 10.2 Å². The highest BCUT2D eigenvalue weighted by molar-refractivity contribution is 6.33. The number of aromatic nitrogens is 2. The molecule has 0 fully saturated rings. The molecule has 0 aliphatic heterocycles. The number of rotatable bonds is 2. The zero-order valence-electron chi connectivity index (χ0n) is 11.3. The Balaban J connectivity index is 2.22. The lowest BCUT2D eigenvalue weighted by molar-refractivity contribution is 0.628. The van der Waals surface area contributed by atoms with E-state index in [1.54, 1.807) is 12.1 Å². The molecule has 21 heavy (non-hydrogen) atoms. The van der Waals surface area contributed by atoms with Gasteiger partial charge in [0.25, 0.3) is 0 Å². The molecule has 3 aromatic rings. The number of nitrogen functional groups attached to an aromatic ring is 1. The highest BCUT2D eigenvalue weighted by Gasteiger charge is 2.17. The summed E-state index contributed by atoms with van der Waals surface area (Å²) in [4.78, 5) is 0. The normalized spacial score (nSPS) is 10.8. The number of aromatic amines is 1. The molecule has 1 aromatic heterocycles. The highest BCUT2D eigenvalue weighted by atomic mass is 35.5. The van der Waals surface area contributed by atoms with Crippen LogP contribution in [0.5, 0.6) is 0 Å². The number of H-pyrrole nitrogens is 1. The van der Waals surface area contributed by atoms with Gasteiger partial charge < -0.3 is 5.73 Å². The number of hydrogen-bond donors (Lipinski definition) is 2. The van der Waals surface area contributed by atoms with E-state index in [0.717, 1.165) is 11.1 Å². The minimum Gasteiger partial charge on any atom is -0.382 e. The van der Waals surface area contributed by atoms with Crippen LogP contribution in [0.3, 0.4) is 0 Å². The average Bonchev–Trinajstić information content (AvgIpc) is 2.80. The summed E-state index contributed by atoms with van der Waals surface area (Å²) in [5.74, 6) is -0.0127. The summed E-state index contributed by atoms with van der Waals surface area (Å²) in [5, 5.41) is 7.51. The van der Waals surface area contributed by atoms with Crippen LogP contribution in [0.25, 0.3) is 22.4 Å². The summed E-state index contributed by atoms with van der Waals surface area (Å²) >= 11 is 6.30. The first-order valence-corrected chi connectivity index (χ1v) is 6.80. The zero-order chi connectivity index (χ0) is 15.0. The van der Waals surface area contributed by atoms with Gasteiger partial charge in [-0.05, 0) is 36.2 Å². The molecule has 5 heteroatoms. The number of benzene rings is 2. The predicted molar refractivity (Wildman–Crippen MR) is 83.6 cm³/mol. The molecular formula is C16H13ClFN3. The highest BCUT2D eigenvalue weighted by Crippen LogP contribution is 2.38.